The van der Waals surface area contributed by atoms with Crippen molar-refractivity contribution >= 4 is 16.8 Å². The van der Waals surface area contributed by atoms with Crippen molar-refractivity contribution in [2.45, 2.75) is 38.7 Å². The zero-order valence-electron chi connectivity index (χ0n) is 18.5. The van der Waals surface area contributed by atoms with E-state index in [-0.39, 0.29) is 11.8 Å². The standard InChI is InChI=1S/C28H30N2O2/c1-2-3-17-29-28(31)18-25(26-19-30-27-12-8-7-11-24(26)27)22-13-15-23(16-14-22)32-20-21-9-5-4-6-10-21/h4-16,19,25,30H,2-3,17-18,20H2,1H3,(H,29,31)/t25-/m1/s1. The summed E-state index contributed by atoms with van der Waals surface area (Å²) in [5.41, 5.74) is 4.47. The van der Waals surface area contributed by atoms with Crippen molar-refractivity contribution in [1.82, 2.24) is 10.3 Å². The quantitative estimate of drug-likeness (QED) is 0.297. The first-order chi connectivity index (χ1) is 15.7. The van der Waals surface area contributed by atoms with Crippen LogP contribution in [0.5, 0.6) is 5.75 Å². The topological polar surface area (TPSA) is 54.1 Å². The van der Waals surface area contributed by atoms with Gasteiger partial charge in [-0.2, -0.15) is 0 Å². The molecule has 4 rings (SSSR count). The van der Waals surface area contributed by atoms with Crippen LogP contribution in [0, 0.1) is 0 Å². The number of para-hydroxylation sites is 1. The number of amides is 1. The van der Waals surface area contributed by atoms with Crippen molar-refractivity contribution in [3.8, 4) is 5.75 Å². The lowest BCUT2D eigenvalue weighted by molar-refractivity contribution is -0.121. The summed E-state index contributed by atoms with van der Waals surface area (Å²) in [6, 6.07) is 26.5. The summed E-state index contributed by atoms with van der Waals surface area (Å²) in [7, 11) is 0. The van der Waals surface area contributed by atoms with Gasteiger partial charge in [0.15, 0.2) is 0 Å². The molecule has 1 atom stereocenters. The highest BCUT2D eigenvalue weighted by molar-refractivity contribution is 5.86. The van der Waals surface area contributed by atoms with Gasteiger partial charge in [-0.3, -0.25) is 4.79 Å². The molecule has 0 fully saturated rings. The molecule has 0 saturated heterocycles. The number of hydrogen-bond acceptors (Lipinski definition) is 2. The molecule has 4 nitrogen and oxygen atoms in total. The molecular weight excluding hydrogens is 396 g/mol. The smallest absolute Gasteiger partial charge is 0.220 e. The van der Waals surface area contributed by atoms with E-state index in [2.05, 4.69) is 53.6 Å². The Morgan fingerprint density at radius 2 is 1.72 bits per heavy atom. The number of unbranched alkanes of at least 4 members (excludes halogenated alkanes) is 1. The molecule has 0 aliphatic heterocycles. The summed E-state index contributed by atoms with van der Waals surface area (Å²) in [4.78, 5) is 16.1. The van der Waals surface area contributed by atoms with E-state index in [9.17, 15) is 4.79 Å². The van der Waals surface area contributed by atoms with Crippen LogP contribution in [0.2, 0.25) is 0 Å². The molecule has 0 bridgehead atoms. The molecular formula is C28H30N2O2. The van der Waals surface area contributed by atoms with Crippen molar-refractivity contribution in [3.63, 3.8) is 0 Å². The van der Waals surface area contributed by atoms with Gasteiger partial charge in [0.1, 0.15) is 12.4 Å². The van der Waals surface area contributed by atoms with Crippen LogP contribution in [-0.4, -0.2) is 17.4 Å². The van der Waals surface area contributed by atoms with Crippen LogP contribution >= 0.6 is 0 Å². The van der Waals surface area contributed by atoms with Crippen LogP contribution in [0.25, 0.3) is 10.9 Å². The van der Waals surface area contributed by atoms with Crippen LogP contribution in [0.15, 0.2) is 85.1 Å². The van der Waals surface area contributed by atoms with Crippen LogP contribution in [0.1, 0.15) is 48.8 Å². The lowest BCUT2D eigenvalue weighted by Crippen LogP contribution is -2.26. The number of carbonyl (C=O) groups is 1. The van der Waals surface area contributed by atoms with E-state index in [0.29, 0.717) is 13.0 Å². The predicted octanol–water partition coefficient (Wildman–Crippen LogP) is 6.19. The fourth-order valence-electron chi connectivity index (χ4n) is 3.99. The average molecular weight is 427 g/mol. The Kier molecular flexibility index (Phi) is 7.23. The second-order valence-corrected chi connectivity index (χ2v) is 8.09. The number of hydrogen-bond donors (Lipinski definition) is 2. The molecule has 1 aromatic heterocycles. The van der Waals surface area contributed by atoms with Crippen molar-refractivity contribution in [3.05, 3.63) is 102 Å². The first-order valence-electron chi connectivity index (χ1n) is 11.3. The van der Waals surface area contributed by atoms with E-state index in [1.807, 2.05) is 48.7 Å². The van der Waals surface area contributed by atoms with Gasteiger partial charge < -0.3 is 15.0 Å². The van der Waals surface area contributed by atoms with Gasteiger partial charge in [0.05, 0.1) is 0 Å². The maximum Gasteiger partial charge on any atom is 0.220 e. The molecule has 0 saturated carbocycles. The van der Waals surface area contributed by atoms with Gasteiger partial charge in [-0.1, -0.05) is 74.0 Å². The summed E-state index contributed by atoms with van der Waals surface area (Å²) >= 11 is 0. The van der Waals surface area contributed by atoms with E-state index in [1.165, 1.54) is 0 Å². The SMILES string of the molecule is CCCCNC(=O)C[C@H](c1ccc(OCc2ccccc2)cc1)c1c[nH]c2ccccc12. The van der Waals surface area contributed by atoms with Gasteiger partial charge in [-0.05, 0) is 41.3 Å². The minimum absolute atomic E-state index is 0.0315. The van der Waals surface area contributed by atoms with Gasteiger partial charge >= 0.3 is 0 Å². The summed E-state index contributed by atoms with van der Waals surface area (Å²) in [5, 5.41) is 4.23. The molecule has 2 N–H and O–H groups in total. The lowest BCUT2D eigenvalue weighted by Gasteiger charge is -2.18. The first-order valence-corrected chi connectivity index (χ1v) is 11.3. The van der Waals surface area contributed by atoms with Gasteiger partial charge in [0.2, 0.25) is 5.91 Å². The molecule has 0 spiro atoms. The first kappa shape index (κ1) is 21.7. The Morgan fingerprint density at radius 1 is 0.969 bits per heavy atom. The van der Waals surface area contributed by atoms with Crippen LogP contribution < -0.4 is 10.1 Å². The Balaban J connectivity index is 1.54. The maximum atomic E-state index is 12.7. The Bertz CT molecular complexity index is 1130. The van der Waals surface area contributed by atoms with Crippen LogP contribution in [0.3, 0.4) is 0 Å². The van der Waals surface area contributed by atoms with Crippen molar-refractivity contribution in [2.75, 3.05) is 6.54 Å². The Hall–Kier alpha value is -3.53. The zero-order chi connectivity index (χ0) is 22.2. The molecule has 3 aromatic carbocycles. The minimum Gasteiger partial charge on any atom is -0.489 e. The molecule has 164 valence electrons. The van der Waals surface area contributed by atoms with Crippen LogP contribution in [-0.2, 0) is 11.4 Å². The zero-order valence-corrected chi connectivity index (χ0v) is 18.5. The molecule has 0 aliphatic rings. The predicted molar refractivity (Wildman–Crippen MR) is 130 cm³/mol. The maximum absolute atomic E-state index is 12.7. The molecule has 0 aliphatic carbocycles. The molecule has 4 heteroatoms. The van der Waals surface area contributed by atoms with Gasteiger partial charge in [-0.25, -0.2) is 0 Å². The number of H-pyrrole nitrogens is 1. The number of nitrogens with one attached hydrogen (secondary N) is 2. The van der Waals surface area contributed by atoms with Crippen molar-refractivity contribution < 1.29 is 9.53 Å². The molecule has 0 unspecified atom stereocenters. The normalized spacial score (nSPS) is 11.9. The van der Waals surface area contributed by atoms with Gasteiger partial charge in [0, 0.05) is 36.0 Å². The van der Waals surface area contributed by atoms with E-state index in [0.717, 1.165) is 52.7 Å². The fraction of sp³-hybridized carbons (Fsp3) is 0.250. The van der Waals surface area contributed by atoms with E-state index in [4.69, 9.17) is 4.74 Å². The van der Waals surface area contributed by atoms with Crippen molar-refractivity contribution in [1.29, 1.82) is 0 Å². The third kappa shape index (κ3) is 5.38. The van der Waals surface area contributed by atoms with Crippen molar-refractivity contribution in [2.24, 2.45) is 0 Å². The van der Waals surface area contributed by atoms with E-state index < -0.39 is 0 Å². The second-order valence-electron chi connectivity index (χ2n) is 8.09. The largest absolute Gasteiger partial charge is 0.489 e. The summed E-state index contributed by atoms with van der Waals surface area (Å²) < 4.78 is 5.95. The minimum atomic E-state index is -0.0315. The monoisotopic (exact) mass is 426 g/mol. The molecule has 32 heavy (non-hydrogen) atoms. The van der Waals surface area contributed by atoms with Gasteiger partial charge in [-0.15, -0.1) is 0 Å². The number of ether oxygens (including phenoxy) is 1. The summed E-state index contributed by atoms with van der Waals surface area (Å²) in [6.07, 6.45) is 4.51. The summed E-state index contributed by atoms with van der Waals surface area (Å²) in [6.45, 7) is 3.39. The number of rotatable bonds is 10. The third-order valence-corrected chi connectivity index (χ3v) is 5.77. The number of aromatic nitrogens is 1. The highest BCUT2D eigenvalue weighted by Gasteiger charge is 2.21. The second kappa shape index (κ2) is 10.7. The Morgan fingerprint density at radius 3 is 2.50 bits per heavy atom. The highest BCUT2D eigenvalue weighted by atomic mass is 16.5. The number of benzene rings is 3. The van der Waals surface area contributed by atoms with E-state index in [1.54, 1.807) is 0 Å². The summed E-state index contributed by atoms with van der Waals surface area (Å²) in [5.74, 6) is 0.872. The number of aromatic amines is 1. The number of fused-ring (bicyclic) bond motifs is 1. The molecule has 1 amide bonds. The lowest BCUT2D eigenvalue weighted by atomic mass is 9.88. The van der Waals surface area contributed by atoms with Gasteiger partial charge in [0.25, 0.3) is 0 Å². The van der Waals surface area contributed by atoms with E-state index >= 15 is 0 Å². The third-order valence-electron chi connectivity index (χ3n) is 5.77. The fourth-order valence-corrected chi connectivity index (χ4v) is 3.99. The average Bonchev–Trinajstić information content (AvgIpc) is 3.26. The molecule has 0 radical (unpaired) electrons. The highest BCUT2D eigenvalue weighted by Crippen LogP contribution is 2.34. The number of carbonyl (C=O) groups excluding carboxylic acids is 1. The molecule has 4 aromatic rings. The van der Waals surface area contributed by atoms with Crippen LogP contribution in [0.4, 0.5) is 0 Å². The molecule has 1 heterocycles. The Labute approximate surface area is 189 Å².